The van der Waals surface area contributed by atoms with Gasteiger partial charge in [0, 0.05) is 103 Å². The monoisotopic (exact) mass is 360 g/mol. The van der Waals surface area contributed by atoms with Crippen molar-refractivity contribution in [2.24, 2.45) is 0 Å². The molecule has 0 fully saturated rings. The van der Waals surface area contributed by atoms with Gasteiger partial charge in [-0.05, 0) is 0 Å². The second-order valence-electron chi connectivity index (χ2n) is 0. The van der Waals surface area contributed by atoms with Crippen LogP contribution in [0.25, 0.3) is 0 Å². The van der Waals surface area contributed by atoms with Crippen LogP contribution in [0.5, 0.6) is 0 Å². The average Bonchev–Trinajstić information content (AvgIpc) is 0. The van der Waals surface area contributed by atoms with Gasteiger partial charge in [-0.15, -0.1) is 0 Å². The van der Waals surface area contributed by atoms with Gasteiger partial charge in [-0.25, -0.2) is 0 Å². The van der Waals surface area contributed by atoms with E-state index in [9.17, 15) is 0 Å². The molecule has 5 nitrogen and oxygen atoms in total. The van der Waals surface area contributed by atoms with E-state index in [1.165, 1.54) is 0 Å². The van der Waals surface area contributed by atoms with Crippen LogP contribution in [0.4, 0.5) is 0 Å². The first-order valence-corrected chi connectivity index (χ1v) is 0. The first kappa shape index (κ1) is 151. The predicted octanol–water partition coefficient (Wildman–Crippen LogP) is -0.604. The third kappa shape index (κ3) is 93.3. The minimum Gasteiger partial charge on any atom is -2.00 e. The fraction of sp³-hybridized carbons (Fsp3) is 0. The van der Waals surface area contributed by atoms with Crippen molar-refractivity contribution in [2.75, 3.05) is 0 Å². The molecule has 0 heterocycles. The van der Waals surface area contributed by atoms with E-state index in [0.717, 1.165) is 0 Å². The Kier molecular flexibility index (Phi) is 1920. The van der Waals surface area contributed by atoms with Gasteiger partial charge in [-0.1, -0.05) is 0 Å². The van der Waals surface area contributed by atoms with Crippen LogP contribution in [-0.2, 0) is 130 Å². The molecule has 0 aliphatic heterocycles. The summed E-state index contributed by atoms with van der Waals surface area (Å²) < 4.78 is 0. The van der Waals surface area contributed by atoms with Gasteiger partial charge in [0.15, 0.2) is 0 Å². The van der Waals surface area contributed by atoms with Crippen molar-refractivity contribution in [1.29, 1.82) is 0 Å². The number of hydrogen-bond acceptors (Lipinski definition) is 0. The van der Waals surface area contributed by atoms with Crippen molar-refractivity contribution in [3.8, 4) is 0 Å². The van der Waals surface area contributed by atoms with Gasteiger partial charge in [0.05, 0.1) is 0 Å². The van der Waals surface area contributed by atoms with Gasteiger partial charge in [0.2, 0.25) is 0 Å². The van der Waals surface area contributed by atoms with Gasteiger partial charge < -0.3 is 27.4 Å². The zero-order valence-electron chi connectivity index (χ0n) is 4.09. The van der Waals surface area contributed by atoms with Crippen LogP contribution in [-0.4, -0.2) is 0 Å². The molecule has 0 unspecified atom stereocenters. The van der Waals surface area contributed by atoms with Gasteiger partial charge >= 0.3 is 0 Å². The molecule has 0 spiro atoms. The summed E-state index contributed by atoms with van der Waals surface area (Å²) in [5.74, 6) is 0. The van der Waals surface area contributed by atoms with Crippen LogP contribution < -0.4 is 0 Å². The number of hydrogen-bond donors (Lipinski definition) is 0. The molecule has 0 rings (SSSR count). The molecule has 0 atom stereocenters. The second kappa shape index (κ2) is 115. The normalized spacial score (nSPS) is 0. The molecule has 0 N–H and O–H groups in total. The number of rotatable bonds is 0. The van der Waals surface area contributed by atoms with E-state index in [1.807, 2.05) is 0 Å². The van der Waals surface area contributed by atoms with Gasteiger partial charge in [-0.2, -0.15) is 0 Å². The van der Waals surface area contributed by atoms with E-state index >= 15 is 0 Å². The molecule has 0 aliphatic carbocycles. The molecule has 0 aromatic rings. The Hall–Kier alpha value is 3.18. The van der Waals surface area contributed by atoms with E-state index in [-0.39, 0.29) is 130 Å². The van der Waals surface area contributed by atoms with Crippen LogP contribution in [0.15, 0.2) is 0 Å². The zero-order chi connectivity index (χ0) is 0. The van der Waals surface area contributed by atoms with E-state index in [0.29, 0.717) is 0 Å². The Morgan fingerprint density at radius 1 is 0.333 bits per heavy atom. The standard InChI is InChI=1S/5O.2V.2Y/q5*-2;;;;. The van der Waals surface area contributed by atoms with E-state index in [2.05, 4.69) is 0 Å². The Balaban J connectivity index is 0. The second-order valence-corrected chi connectivity index (χ2v) is 0. The SMILES string of the molecule is [O-2].[O-2].[O-2].[O-2].[O-2].[V].[V].[Y].[Y]. The summed E-state index contributed by atoms with van der Waals surface area (Å²) in [6.07, 6.45) is 0. The van der Waals surface area contributed by atoms with Crippen molar-refractivity contribution in [1.82, 2.24) is 0 Å². The van der Waals surface area contributed by atoms with Crippen LogP contribution in [0.3, 0.4) is 0 Å². The van der Waals surface area contributed by atoms with E-state index in [1.54, 1.807) is 0 Å². The largest absolute Gasteiger partial charge is 2.00 e. The molecule has 0 aromatic heterocycles. The van der Waals surface area contributed by atoms with Crippen LogP contribution in [0, 0.1) is 0 Å². The fourth-order valence-electron chi connectivity index (χ4n) is 0. The molecule has 0 aliphatic rings. The van der Waals surface area contributed by atoms with E-state index in [4.69, 9.17) is 0 Å². The first-order valence-electron chi connectivity index (χ1n) is 0. The molecule has 0 saturated carbocycles. The molecular formula is O5V2Y2-10. The van der Waals surface area contributed by atoms with Crippen LogP contribution >= 0.6 is 0 Å². The summed E-state index contributed by atoms with van der Waals surface area (Å²) in [5.41, 5.74) is 0. The molecule has 9 heavy (non-hydrogen) atoms. The maximum absolute atomic E-state index is 0. The summed E-state index contributed by atoms with van der Waals surface area (Å²) in [7, 11) is 0. The third-order valence-corrected chi connectivity index (χ3v) is 0. The first-order chi connectivity index (χ1) is 0. The molecule has 0 saturated heterocycles. The summed E-state index contributed by atoms with van der Waals surface area (Å²) >= 11 is 0. The zero-order valence-corrected chi connectivity index (χ0v) is 12.6. The molecular weight excluding hydrogens is 360 g/mol. The quantitative estimate of drug-likeness (QED) is 0.544. The van der Waals surface area contributed by atoms with Crippen molar-refractivity contribution in [2.45, 2.75) is 0 Å². The minimum atomic E-state index is 0. The minimum absolute atomic E-state index is 0. The molecule has 56 valence electrons. The molecule has 0 amide bonds. The molecule has 0 bridgehead atoms. The molecule has 0 aromatic carbocycles. The maximum atomic E-state index is 0. The van der Waals surface area contributed by atoms with Gasteiger partial charge in [0.25, 0.3) is 0 Å². The molecule has 4 radical (unpaired) electrons. The van der Waals surface area contributed by atoms with E-state index < -0.39 is 0 Å². The van der Waals surface area contributed by atoms with Crippen molar-refractivity contribution < 1.29 is 130 Å². The maximum Gasteiger partial charge on any atom is 0 e. The summed E-state index contributed by atoms with van der Waals surface area (Å²) in [4.78, 5) is 0. The van der Waals surface area contributed by atoms with Crippen LogP contribution in [0.1, 0.15) is 0 Å². The Labute approximate surface area is 128 Å². The summed E-state index contributed by atoms with van der Waals surface area (Å²) in [5, 5.41) is 0. The summed E-state index contributed by atoms with van der Waals surface area (Å²) in [6, 6.07) is 0. The Morgan fingerprint density at radius 3 is 0.333 bits per heavy atom. The molecule has 9 heteroatoms. The van der Waals surface area contributed by atoms with Crippen molar-refractivity contribution in [3.05, 3.63) is 0 Å². The average molecular weight is 360 g/mol. The van der Waals surface area contributed by atoms with Crippen LogP contribution in [0.2, 0.25) is 0 Å². The van der Waals surface area contributed by atoms with Gasteiger partial charge in [-0.3, -0.25) is 0 Å². The smallest absolute Gasteiger partial charge is 0 e. The van der Waals surface area contributed by atoms with Gasteiger partial charge in [0.1, 0.15) is 0 Å². The third-order valence-electron chi connectivity index (χ3n) is 0. The predicted molar refractivity (Wildman–Crippen MR) is 3.43 cm³/mol. The Morgan fingerprint density at radius 2 is 0.333 bits per heavy atom. The fourth-order valence-corrected chi connectivity index (χ4v) is 0. The van der Waals surface area contributed by atoms with Crippen molar-refractivity contribution >= 4 is 0 Å². The Bertz CT molecular complexity index is 12.9. The van der Waals surface area contributed by atoms with Crippen molar-refractivity contribution in [3.63, 3.8) is 0 Å². The topological polar surface area (TPSA) is 142 Å². The summed E-state index contributed by atoms with van der Waals surface area (Å²) in [6.45, 7) is 0.